The van der Waals surface area contributed by atoms with Crippen LogP contribution in [0.25, 0.3) is 6.08 Å². The normalized spacial score (nSPS) is 22.8. The van der Waals surface area contributed by atoms with Crippen LogP contribution in [0, 0.1) is 0 Å². The number of aliphatic hydroxyl groups excluding tert-OH is 1. The maximum absolute atomic E-state index is 12.8. The van der Waals surface area contributed by atoms with Crippen molar-refractivity contribution in [1.29, 1.82) is 0 Å². The Labute approximate surface area is 184 Å². The third-order valence-electron chi connectivity index (χ3n) is 6.23. The van der Waals surface area contributed by atoms with Crippen molar-refractivity contribution in [1.82, 2.24) is 14.7 Å². The molecule has 0 aliphatic carbocycles. The van der Waals surface area contributed by atoms with E-state index in [1.54, 1.807) is 36.3 Å². The molecule has 2 saturated heterocycles. The number of ether oxygens (including phenoxy) is 1. The molecular weight excluding hydrogens is 390 g/mol. The van der Waals surface area contributed by atoms with Gasteiger partial charge in [-0.2, -0.15) is 0 Å². The Morgan fingerprint density at radius 2 is 1.74 bits per heavy atom. The summed E-state index contributed by atoms with van der Waals surface area (Å²) in [5.41, 5.74) is 1.85. The van der Waals surface area contributed by atoms with Crippen LogP contribution >= 0.6 is 0 Å². The van der Waals surface area contributed by atoms with Gasteiger partial charge in [-0.1, -0.05) is 42.5 Å². The van der Waals surface area contributed by atoms with Gasteiger partial charge in [-0.05, 0) is 29.8 Å². The Morgan fingerprint density at radius 1 is 1.03 bits per heavy atom. The van der Waals surface area contributed by atoms with E-state index in [4.69, 9.17) is 4.74 Å². The molecule has 2 aliphatic rings. The maximum atomic E-state index is 12.8. The molecule has 6 heteroatoms. The molecule has 164 valence electrons. The van der Waals surface area contributed by atoms with E-state index in [0.29, 0.717) is 18.7 Å². The van der Waals surface area contributed by atoms with Gasteiger partial charge in [0, 0.05) is 51.4 Å². The molecule has 0 radical (unpaired) electrons. The van der Waals surface area contributed by atoms with Crippen LogP contribution in [0.5, 0.6) is 5.75 Å². The van der Waals surface area contributed by atoms with E-state index in [2.05, 4.69) is 34.1 Å². The molecule has 4 rings (SSSR count). The summed E-state index contributed by atoms with van der Waals surface area (Å²) >= 11 is 0. The van der Waals surface area contributed by atoms with Crippen molar-refractivity contribution >= 4 is 12.0 Å². The number of amides is 1. The van der Waals surface area contributed by atoms with E-state index in [0.717, 1.165) is 38.5 Å². The number of rotatable bonds is 6. The lowest BCUT2D eigenvalue weighted by Gasteiger charge is -2.38. The molecule has 0 bridgehead atoms. The second kappa shape index (κ2) is 10.1. The van der Waals surface area contributed by atoms with Crippen molar-refractivity contribution in [2.45, 2.75) is 12.1 Å². The Morgan fingerprint density at radius 3 is 2.42 bits per heavy atom. The van der Waals surface area contributed by atoms with Gasteiger partial charge in [0.2, 0.25) is 0 Å². The van der Waals surface area contributed by atoms with Crippen LogP contribution in [0.15, 0.2) is 60.7 Å². The summed E-state index contributed by atoms with van der Waals surface area (Å²) in [6.45, 7) is 5.63. The highest BCUT2D eigenvalue weighted by molar-refractivity contribution is 5.94. The molecule has 2 aliphatic heterocycles. The molecule has 2 fully saturated rings. The number of hydrogen-bond donors (Lipinski definition) is 1. The first-order valence-electron chi connectivity index (χ1n) is 10.9. The van der Waals surface area contributed by atoms with Gasteiger partial charge in [-0.15, -0.1) is 0 Å². The second-order valence-corrected chi connectivity index (χ2v) is 8.22. The molecule has 1 N–H and O–H groups in total. The predicted octanol–water partition coefficient (Wildman–Crippen LogP) is 2.21. The van der Waals surface area contributed by atoms with E-state index < -0.39 is 6.10 Å². The number of carbonyl (C=O) groups is 1. The molecule has 1 amide bonds. The summed E-state index contributed by atoms with van der Waals surface area (Å²) in [6.07, 6.45) is 3.87. The molecule has 0 unspecified atom stereocenters. The maximum Gasteiger partial charge on any atom is 0.254 e. The van der Waals surface area contributed by atoms with E-state index in [9.17, 15) is 9.90 Å². The van der Waals surface area contributed by atoms with Crippen LogP contribution in [0.2, 0.25) is 0 Å². The summed E-state index contributed by atoms with van der Waals surface area (Å²) < 4.78 is 5.16. The summed E-state index contributed by atoms with van der Waals surface area (Å²) in [7, 11) is 1.61. The minimum absolute atomic E-state index is 0.00390. The summed E-state index contributed by atoms with van der Waals surface area (Å²) in [5, 5.41) is 10.6. The van der Waals surface area contributed by atoms with Crippen LogP contribution in [0.1, 0.15) is 15.9 Å². The number of methoxy groups -OCH3 is 1. The molecule has 2 atom stereocenters. The van der Waals surface area contributed by atoms with Crippen molar-refractivity contribution in [3.63, 3.8) is 0 Å². The number of piperazine rings is 1. The summed E-state index contributed by atoms with van der Waals surface area (Å²) in [6, 6.07) is 17.5. The fourth-order valence-corrected chi connectivity index (χ4v) is 4.39. The number of aliphatic hydroxyl groups is 1. The van der Waals surface area contributed by atoms with E-state index >= 15 is 0 Å². The lowest BCUT2D eigenvalue weighted by atomic mass is 10.1. The van der Waals surface area contributed by atoms with E-state index in [1.165, 1.54) is 5.56 Å². The van der Waals surface area contributed by atoms with Gasteiger partial charge >= 0.3 is 0 Å². The summed E-state index contributed by atoms with van der Waals surface area (Å²) in [4.78, 5) is 19.4. The minimum atomic E-state index is -0.508. The average molecular weight is 422 g/mol. The predicted molar refractivity (Wildman–Crippen MR) is 122 cm³/mol. The van der Waals surface area contributed by atoms with Crippen LogP contribution in [0.3, 0.4) is 0 Å². The van der Waals surface area contributed by atoms with Gasteiger partial charge in [0.1, 0.15) is 5.75 Å². The zero-order valence-corrected chi connectivity index (χ0v) is 18.1. The highest BCUT2D eigenvalue weighted by Crippen LogP contribution is 2.21. The quantitative estimate of drug-likeness (QED) is 0.775. The van der Waals surface area contributed by atoms with Gasteiger partial charge in [0.15, 0.2) is 0 Å². The first kappa shape index (κ1) is 21.6. The number of likely N-dealkylation sites (tertiary alicyclic amines) is 1. The van der Waals surface area contributed by atoms with Crippen LogP contribution < -0.4 is 4.74 Å². The Balaban J connectivity index is 1.26. The zero-order chi connectivity index (χ0) is 21.6. The fourth-order valence-electron chi connectivity index (χ4n) is 4.39. The molecule has 0 saturated carbocycles. The molecule has 2 aromatic carbocycles. The standard InChI is InChI=1S/C25H31N3O3/c1-31-22-11-9-21(10-12-22)25(30)28-18-23(24(29)19-28)27-16-14-26(15-17-27)13-5-8-20-6-3-2-4-7-20/h2-12,23-24,29H,13-19H2,1H3/b8-5+/t23-,24-/m0/s1. The van der Waals surface area contributed by atoms with E-state index in [-0.39, 0.29) is 11.9 Å². The molecule has 0 spiro atoms. The summed E-state index contributed by atoms with van der Waals surface area (Å²) in [5.74, 6) is 0.696. The number of hydrogen-bond acceptors (Lipinski definition) is 5. The van der Waals surface area contributed by atoms with Crippen molar-refractivity contribution < 1.29 is 14.6 Å². The van der Waals surface area contributed by atoms with Crippen LogP contribution in [0.4, 0.5) is 0 Å². The van der Waals surface area contributed by atoms with Crippen molar-refractivity contribution in [2.24, 2.45) is 0 Å². The SMILES string of the molecule is COc1ccc(C(=O)N2C[C@H](O)[C@@H](N3CCN(C/C=C/c4ccccc4)CC3)C2)cc1. The van der Waals surface area contributed by atoms with Crippen LogP contribution in [-0.4, -0.2) is 90.8 Å². The third kappa shape index (κ3) is 5.34. The lowest BCUT2D eigenvalue weighted by Crippen LogP contribution is -2.53. The molecule has 0 aromatic heterocycles. The minimum Gasteiger partial charge on any atom is -0.497 e. The monoisotopic (exact) mass is 421 g/mol. The molecule has 2 aromatic rings. The van der Waals surface area contributed by atoms with Crippen LogP contribution in [-0.2, 0) is 0 Å². The average Bonchev–Trinajstić information content (AvgIpc) is 3.21. The van der Waals surface area contributed by atoms with Gasteiger partial charge in [0.05, 0.1) is 19.3 Å². The van der Waals surface area contributed by atoms with Crippen molar-refractivity contribution in [3.8, 4) is 5.75 Å². The largest absolute Gasteiger partial charge is 0.497 e. The highest BCUT2D eigenvalue weighted by Gasteiger charge is 2.38. The Hall–Kier alpha value is -2.67. The fraction of sp³-hybridized carbons (Fsp3) is 0.400. The highest BCUT2D eigenvalue weighted by atomic mass is 16.5. The lowest BCUT2D eigenvalue weighted by molar-refractivity contribution is 0.0476. The zero-order valence-electron chi connectivity index (χ0n) is 18.1. The number of nitrogens with zero attached hydrogens (tertiary/aromatic N) is 3. The first-order valence-corrected chi connectivity index (χ1v) is 10.9. The number of β-amino-alcohol motifs (C(OH)–C–C–N with tert-alkyl or cyclic N) is 1. The smallest absolute Gasteiger partial charge is 0.254 e. The van der Waals surface area contributed by atoms with Gasteiger partial charge in [-0.3, -0.25) is 14.6 Å². The van der Waals surface area contributed by atoms with E-state index in [1.807, 2.05) is 18.2 Å². The van der Waals surface area contributed by atoms with Gasteiger partial charge in [-0.25, -0.2) is 0 Å². The molecule has 2 heterocycles. The van der Waals surface area contributed by atoms with Gasteiger partial charge in [0.25, 0.3) is 5.91 Å². The Bertz CT molecular complexity index is 877. The molecular formula is C25H31N3O3. The molecule has 6 nitrogen and oxygen atoms in total. The number of carbonyl (C=O) groups excluding carboxylic acids is 1. The number of benzene rings is 2. The first-order chi connectivity index (χ1) is 15.1. The Kier molecular flexibility index (Phi) is 7.02. The molecule has 31 heavy (non-hydrogen) atoms. The second-order valence-electron chi connectivity index (χ2n) is 8.22. The van der Waals surface area contributed by atoms with Gasteiger partial charge < -0.3 is 14.7 Å². The topological polar surface area (TPSA) is 56.2 Å². The van der Waals surface area contributed by atoms with Crippen molar-refractivity contribution in [2.75, 3.05) is 52.9 Å². The van der Waals surface area contributed by atoms with Crippen molar-refractivity contribution in [3.05, 3.63) is 71.8 Å². The third-order valence-corrected chi connectivity index (χ3v) is 6.23.